The molecule has 3 aromatic heterocycles. The molecule has 1 aliphatic rings. The van der Waals surface area contributed by atoms with Crippen LogP contribution in [0.4, 0.5) is 0 Å². The standard InChI is InChI=1S/C22H26ClN5O2/c1-30-18-12-20-19(25-14-18)4-5-22(29)28(20)11-10-27-8-6-16(7-9-27)2-3-17-13-24-15-21(23)26-17/h4-5,12-16H,2-3,6-11H2,1H3. The second kappa shape index (κ2) is 9.53. The summed E-state index contributed by atoms with van der Waals surface area (Å²) in [6.07, 6.45) is 9.39. The molecule has 0 spiro atoms. The summed E-state index contributed by atoms with van der Waals surface area (Å²) in [5, 5.41) is 0.457. The molecule has 0 bridgehead atoms. The van der Waals surface area contributed by atoms with Gasteiger partial charge in [0.15, 0.2) is 0 Å². The third kappa shape index (κ3) is 4.96. The predicted molar refractivity (Wildman–Crippen MR) is 117 cm³/mol. The van der Waals surface area contributed by atoms with E-state index in [-0.39, 0.29) is 5.56 Å². The first-order chi connectivity index (χ1) is 14.6. The second-order valence-electron chi connectivity index (χ2n) is 7.76. The highest BCUT2D eigenvalue weighted by atomic mass is 35.5. The summed E-state index contributed by atoms with van der Waals surface area (Å²) in [4.78, 5) is 27.7. The zero-order chi connectivity index (χ0) is 20.9. The van der Waals surface area contributed by atoms with Crippen molar-refractivity contribution in [1.29, 1.82) is 0 Å². The minimum absolute atomic E-state index is 0.00456. The average Bonchev–Trinajstić information content (AvgIpc) is 2.77. The summed E-state index contributed by atoms with van der Waals surface area (Å²) >= 11 is 5.92. The number of hydrogen-bond acceptors (Lipinski definition) is 6. The Bertz CT molecular complexity index is 1060. The summed E-state index contributed by atoms with van der Waals surface area (Å²) in [6.45, 7) is 3.59. The molecule has 0 aromatic carbocycles. The number of ether oxygens (including phenoxy) is 1. The first-order valence-corrected chi connectivity index (χ1v) is 10.7. The molecule has 1 aliphatic heterocycles. The number of likely N-dealkylation sites (tertiary alicyclic amines) is 1. The number of aryl methyl sites for hydroxylation is 1. The van der Waals surface area contributed by atoms with Crippen LogP contribution in [0.3, 0.4) is 0 Å². The van der Waals surface area contributed by atoms with Crippen molar-refractivity contribution in [2.45, 2.75) is 32.2 Å². The first-order valence-electron chi connectivity index (χ1n) is 10.3. The lowest BCUT2D eigenvalue weighted by molar-refractivity contribution is 0.174. The van der Waals surface area contributed by atoms with Gasteiger partial charge in [-0.25, -0.2) is 4.98 Å². The van der Waals surface area contributed by atoms with E-state index in [4.69, 9.17) is 16.3 Å². The molecule has 7 nitrogen and oxygen atoms in total. The molecule has 3 aromatic rings. The van der Waals surface area contributed by atoms with Crippen LogP contribution in [0.5, 0.6) is 5.75 Å². The van der Waals surface area contributed by atoms with Gasteiger partial charge in [0.1, 0.15) is 10.9 Å². The van der Waals surface area contributed by atoms with Crippen LogP contribution in [-0.4, -0.2) is 51.2 Å². The van der Waals surface area contributed by atoms with Gasteiger partial charge < -0.3 is 14.2 Å². The fourth-order valence-electron chi connectivity index (χ4n) is 4.08. The molecular weight excluding hydrogens is 402 g/mol. The van der Waals surface area contributed by atoms with Crippen molar-refractivity contribution in [3.05, 3.63) is 58.0 Å². The molecule has 1 saturated heterocycles. The first kappa shape index (κ1) is 20.8. The largest absolute Gasteiger partial charge is 0.495 e. The Balaban J connectivity index is 1.32. The molecule has 0 aliphatic carbocycles. The summed E-state index contributed by atoms with van der Waals surface area (Å²) in [6, 6.07) is 5.24. The van der Waals surface area contributed by atoms with Crippen molar-refractivity contribution < 1.29 is 4.74 Å². The summed E-state index contributed by atoms with van der Waals surface area (Å²) in [7, 11) is 1.61. The van der Waals surface area contributed by atoms with Gasteiger partial charge in [-0.15, -0.1) is 0 Å². The molecule has 0 unspecified atom stereocenters. The Morgan fingerprint density at radius 1 is 1.17 bits per heavy atom. The van der Waals surface area contributed by atoms with Gasteiger partial charge in [-0.3, -0.25) is 14.8 Å². The maximum atomic E-state index is 12.5. The molecule has 8 heteroatoms. The Kier molecular flexibility index (Phi) is 6.59. The highest BCUT2D eigenvalue weighted by Crippen LogP contribution is 2.22. The zero-order valence-corrected chi connectivity index (χ0v) is 17.9. The molecule has 4 rings (SSSR count). The third-order valence-electron chi connectivity index (χ3n) is 5.86. The molecular formula is C22H26ClN5O2. The SMILES string of the molecule is COc1cnc2ccc(=O)n(CCN3CCC(CCc4cncc(Cl)n4)CC3)c2c1. The van der Waals surface area contributed by atoms with Crippen molar-refractivity contribution in [3.63, 3.8) is 0 Å². The van der Waals surface area contributed by atoms with E-state index >= 15 is 0 Å². The van der Waals surface area contributed by atoms with Gasteiger partial charge in [-0.05, 0) is 50.8 Å². The second-order valence-corrected chi connectivity index (χ2v) is 8.15. The Hall–Kier alpha value is -2.51. The van der Waals surface area contributed by atoms with Gasteiger partial charge in [-0.1, -0.05) is 11.6 Å². The summed E-state index contributed by atoms with van der Waals surface area (Å²) in [5.41, 5.74) is 2.58. The van der Waals surface area contributed by atoms with Gasteiger partial charge in [-0.2, -0.15) is 0 Å². The third-order valence-corrected chi connectivity index (χ3v) is 6.04. The summed E-state index contributed by atoms with van der Waals surface area (Å²) in [5.74, 6) is 1.35. The number of piperidine rings is 1. The quantitative estimate of drug-likeness (QED) is 0.576. The van der Waals surface area contributed by atoms with Crippen LogP contribution >= 0.6 is 11.6 Å². The van der Waals surface area contributed by atoms with Crippen LogP contribution in [0.15, 0.2) is 41.6 Å². The van der Waals surface area contributed by atoms with Crippen LogP contribution in [-0.2, 0) is 13.0 Å². The van der Waals surface area contributed by atoms with E-state index in [2.05, 4.69) is 19.9 Å². The summed E-state index contributed by atoms with van der Waals surface area (Å²) < 4.78 is 7.08. The Morgan fingerprint density at radius 2 is 2.00 bits per heavy atom. The number of rotatable bonds is 7. The molecule has 1 fully saturated rings. The smallest absolute Gasteiger partial charge is 0.251 e. The molecule has 30 heavy (non-hydrogen) atoms. The van der Waals surface area contributed by atoms with E-state index in [1.807, 2.05) is 6.07 Å². The van der Waals surface area contributed by atoms with E-state index in [9.17, 15) is 4.79 Å². The van der Waals surface area contributed by atoms with Gasteiger partial charge in [0.05, 0.1) is 36.2 Å². The molecule has 0 N–H and O–H groups in total. The normalized spacial score (nSPS) is 15.5. The number of hydrogen-bond donors (Lipinski definition) is 0. The number of halogens is 1. The Labute approximate surface area is 180 Å². The number of pyridine rings is 2. The van der Waals surface area contributed by atoms with E-state index < -0.39 is 0 Å². The average molecular weight is 428 g/mol. The molecule has 4 heterocycles. The number of methoxy groups -OCH3 is 1. The highest BCUT2D eigenvalue weighted by Gasteiger charge is 2.19. The Morgan fingerprint density at radius 3 is 2.77 bits per heavy atom. The van der Waals surface area contributed by atoms with Crippen molar-refractivity contribution in [3.8, 4) is 5.75 Å². The van der Waals surface area contributed by atoms with Gasteiger partial charge >= 0.3 is 0 Å². The molecule has 0 atom stereocenters. The van der Waals surface area contributed by atoms with E-state index in [1.165, 1.54) is 0 Å². The molecule has 158 valence electrons. The molecule has 0 amide bonds. The molecule has 0 radical (unpaired) electrons. The number of aromatic nitrogens is 4. The van der Waals surface area contributed by atoms with Crippen LogP contribution in [0.2, 0.25) is 5.15 Å². The van der Waals surface area contributed by atoms with E-state index in [1.54, 1.807) is 42.4 Å². The van der Waals surface area contributed by atoms with Crippen LogP contribution < -0.4 is 10.3 Å². The fourth-order valence-corrected chi connectivity index (χ4v) is 4.25. The number of nitrogens with zero attached hydrogens (tertiary/aromatic N) is 5. The lowest BCUT2D eigenvalue weighted by atomic mass is 9.91. The van der Waals surface area contributed by atoms with Crippen LogP contribution in [0.25, 0.3) is 11.0 Å². The van der Waals surface area contributed by atoms with Crippen molar-refractivity contribution >= 4 is 22.6 Å². The van der Waals surface area contributed by atoms with Gasteiger partial charge in [0, 0.05) is 31.4 Å². The fraction of sp³-hybridized carbons (Fsp3) is 0.455. The van der Waals surface area contributed by atoms with Crippen LogP contribution in [0, 0.1) is 5.92 Å². The van der Waals surface area contributed by atoms with E-state index in [0.29, 0.717) is 23.4 Å². The highest BCUT2D eigenvalue weighted by molar-refractivity contribution is 6.29. The lowest BCUT2D eigenvalue weighted by Crippen LogP contribution is -2.37. The monoisotopic (exact) mass is 427 g/mol. The predicted octanol–water partition coefficient (Wildman–Crippen LogP) is 3.19. The van der Waals surface area contributed by atoms with Crippen molar-refractivity contribution in [2.24, 2.45) is 5.92 Å². The lowest BCUT2D eigenvalue weighted by Gasteiger charge is -2.32. The maximum absolute atomic E-state index is 12.5. The minimum Gasteiger partial charge on any atom is -0.495 e. The number of fused-ring (bicyclic) bond motifs is 1. The van der Waals surface area contributed by atoms with Gasteiger partial charge in [0.25, 0.3) is 5.56 Å². The topological polar surface area (TPSA) is 73.1 Å². The molecule has 0 saturated carbocycles. The van der Waals surface area contributed by atoms with Gasteiger partial charge in [0.2, 0.25) is 0 Å². The van der Waals surface area contributed by atoms with Crippen LogP contribution in [0.1, 0.15) is 25.0 Å². The van der Waals surface area contributed by atoms with Crippen molar-refractivity contribution in [1.82, 2.24) is 24.4 Å². The van der Waals surface area contributed by atoms with E-state index in [0.717, 1.165) is 62.0 Å². The minimum atomic E-state index is -0.00456. The zero-order valence-electron chi connectivity index (χ0n) is 17.1. The van der Waals surface area contributed by atoms with Crippen molar-refractivity contribution in [2.75, 3.05) is 26.7 Å². The maximum Gasteiger partial charge on any atom is 0.251 e.